The van der Waals surface area contributed by atoms with E-state index in [4.69, 9.17) is 4.42 Å². The summed E-state index contributed by atoms with van der Waals surface area (Å²) in [5, 5.41) is 7.78. The maximum atomic E-state index is 11.9. The molecule has 1 fully saturated rings. The third-order valence-electron chi connectivity index (χ3n) is 4.14. The highest BCUT2D eigenvalue weighted by Crippen LogP contribution is 2.47. The quantitative estimate of drug-likeness (QED) is 0.444. The van der Waals surface area contributed by atoms with Gasteiger partial charge in [-0.2, -0.15) is 10.2 Å². The molecular formula is C16H19N5O4S. The second kappa shape index (κ2) is 7.32. The molecule has 0 radical (unpaired) electrons. The van der Waals surface area contributed by atoms with Crippen LogP contribution in [0.3, 0.4) is 0 Å². The van der Waals surface area contributed by atoms with Gasteiger partial charge in [-0.15, -0.1) is 0 Å². The second-order valence-corrected chi connectivity index (χ2v) is 7.18. The fraction of sp³-hybridized carbons (Fsp3) is 0.438. The molecule has 0 unspecified atom stereocenters. The Morgan fingerprint density at radius 1 is 1.46 bits per heavy atom. The van der Waals surface area contributed by atoms with Crippen LogP contribution in [0.4, 0.5) is 0 Å². The molecular weight excluding hydrogens is 358 g/mol. The number of nitrogens with one attached hydrogen (secondary N) is 1. The molecule has 138 valence electrons. The molecule has 0 spiro atoms. The lowest BCUT2D eigenvalue weighted by Crippen LogP contribution is -2.39. The standard InChI is InChI=1S/C16H19N5O4S/c1-9-6-11(9)12-5-4-10(25-12)7-17-18-13(22)8-26-14-15(23)20(2)16(24)21(3)19-14/h4-5,7,9,11H,6,8H2,1-3H3,(H,18,22)/b17-7-/t9-,11-/m1/s1. The van der Waals surface area contributed by atoms with E-state index in [1.807, 2.05) is 12.1 Å². The van der Waals surface area contributed by atoms with E-state index >= 15 is 0 Å². The number of hydrogen-bond acceptors (Lipinski definition) is 7. The summed E-state index contributed by atoms with van der Waals surface area (Å²) in [5.74, 6) is 2.20. The van der Waals surface area contributed by atoms with Crippen LogP contribution in [0.25, 0.3) is 0 Å². The summed E-state index contributed by atoms with van der Waals surface area (Å²) >= 11 is 0.941. The van der Waals surface area contributed by atoms with Gasteiger partial charge < -0.3 is 4.42 Å². The Hall–Kier alpha value is -2.62. The van der Waals surface area contributed by atoms with Crippen LogP contribution in [0.1, 0.15) is 30.8 Å². The first-order valence-corrected chi connectivity index (χ1v) is 9.04. The third-order valence-corrected chi connectivity index (χ3v) is 5.07. The molecule has 1 saturated carbocycles. The van der Waals surface area contributed by atoms with Gasteiger partial charge in [0.25, 0.3) is 5.56 Å². The molecule has 3 rings (SSSR count). The van der Waals surface area contributed by atoms with Gasteiger partial charge in [-0.1, -0.05) is 18.7 Å². The number of aromatic nitrogens is 3. The lowest BCUT2D eigenvalue weighted by molar-refractivity contribution is -0.118. The predicted molar refractivity (Wildman–Crippen MR) is 96.4 cm³/mol. The van der Waals surface area contributed by atoms with Crippen LogP contribution < -0.4 is 16.7 Å². The van der Waals surface area contributed by atoms with E-state index in [1.165, 1.54) is 20.3 Å². The molecule has 0 aliphatic heterocycles. The number of carbonyl (C=O) groups is 1. The average molecular weight is 377 g/mol. The van der Waals surface area contributed by atoms with Crippen LogP contribution in [0, 0.1) is 5.92 Å². The highest BCUT2D eigenvalue weighted by molar-refractivity contribution is 7.99. The number of furan rings is 1. The zero-order valence-corrected chi connectivity index (χ0v) is 15.4. The molecule has 2 aromatic heterocycles. The van der Waals surface area contributed by atoms with Crippen molar-refractivity contribution in [2.75, 3.05) is 5.75 Å². The minimum atomic E-state index is -0.535. The summed E-state index contributed by atoms with van der Waals surface area (Å²) in [5.41, 5.74) is 1.31. The summed E-state index contributed by atoms with van der Waals surface area (Å²) in [6, 6.07) is 3.73. The number of amides is 1. The van der Waals surface area contributed by atoms with Gasteiger partial charge in [0.2, 0.25) is 5.91 Å². The Morgan fingerprint density at radius 3 is 2.88 bits per heavy atom. The van der Waals surface area contributed by atoms with E-state index < -0.39 is 17.2 Å². The van der Waals surface area contributed by atoms with Gasteiger partial charge in [-0.25, -0.2) is 14.9 Å². The van der Waals surface area contributed by atoms with E-state index in [2.05, 4.69) is 22.5 Å². The molecule has 1 aliphatic carbocycles. The van der Waals surface area contributed by atoms with Gasteiger partial charge >= 0.3 is 5.69 Å². The number of hydrazone groups is 1. The summed E-state index contributed by atoms with van der Waals surface area (Å²) in [6.07, 6.45) is 2.57. The van der Waals surface area contributed by atoms with Gasteiger partial charge in [0.1, 0.15) is 11.5 Å². The Kier molecular flexibility index (Phi) is 5.12. The Bertz CT molecular complexity index is 974. The molecule has 10 heteroatoms. The summed E-state index contributed by atoms with van der Waals surface area (Å²) in [6.45, 7) is 2.17. The molecule has 2 atom stereocenters. The molecule has 9 nitrogen and oxygen atoms in total. The predicted octanol–water partition coefficient (Wildman–Crippen LogP) is 0.438. The van der Waals surface area contributed by atoms with E-state index in [9.17, 15) is 14.4 Å². The monoisotopic (exact) mass is 377 g/mol. The first kappa shape index (κ1) is 18.2. The minimum Gasteiger partial charge on any atom is -0.460 e. The van der Waals surface area contributed by atoms with Gasteiger partial charge in [0.05, 0.1) is 12.0 Å². The van der Waals surface area contributed by atoms with Gasteiger partial charge in [0, 0.05) is 20.0 Å². The molecule has 0 aromatic carbocycles. The van der Waals surface area contributed by atoms with Crippen molar-refractivity contribution in [1.29, 1.82) is 0 Å². The SMILES string of the molecule is C[C@@H]1C[C@H]1c1ccc(/C=N\NC(=O)CSc2nn(C)c(=O)n(C)c2=O)o1. The van der Waals surface area contributed by atoms with E-state index in [-0.39, 0.29) is 10.8 Å². The number of thioether (sulfide) groups is 1. The minimum absolute atomic E-state index is 0.0548. The topological polar surface area (TPSA) is 111 Å². The molecule has 0 bridgehead atoms. The van der Waals surface area contributed by atoms with Crippen molar-refractivity contribution in [3.8, 4) is 0 Å². The van der Waals surface area contributed by atoms with Crippen molar-refractivity contribution in [2.45, 2.75) is 24.3 Å². The van der Waals surface area contributed by atoms with E-state index in [0.717, 1.165) is 33.2 Å². The van der Waals surface area contributed by atoms with Crippen molar-refractivity contribution in [3.05, 3.63) is 44.5 Å². The number of hydrogen-bond donors (Lipinski definition) is 1. The first-order chi connectivity index (χ1) is 12.4. The van der Waals surface area contributed by atoms with Crippen molar-refractivity contribution in [2.24, 2.45) is 25.1 Å². The largest absolute Gasteiger partial charge is 0.460 e. The molecule has 2 aromatic rings. The molecule has 2 heterocycles. The fourth-order valence-corrected chi connectivity index (χ4v) is 3.22. The zero-order chi connectivity index (χ0) is 18.8. The maximum Gasteiger partial charge on any atom is 0.346 e. The molecule has 0 saturated heterocycles. The smallest absolute Gasteiger partial charge is 0.346 e. The Labute approximate surface area is 153 Å². The number of aryl methyl sites for hydroxylation is 1. The summed E-state index contributed by atoms with van der Waals surface area (Å²) < 4.78 is 7.65. The van der Waals surface area contributed by atoms with Gasteiger partial charge in [0.15, 0.2) is 5.03 Å². The maximum absolute atomic E-state index is 11.9. The molecule has 26 heavy (non-hydrogen) atoms. The lowest BCUT2D eigenvalue weighted by Gasteiger charge is -2.04. The van der Waals surface area contributed by atoms with Crippen LogP contribution in [0.2, 0.25) is 0 Å². The summed E-state index contributed by atoms with van der Waals surface area (Å²) in [4.78, 5) is 35.3. The lowest BCUT2D eigenvalue weighted by atomic mass is 10.3. The summed E-state index contributed by atoms with van der Waals surface area (Å²) in [7, 11) is 2.80. The number of carbonyl (C=O) groups excluding carboxylic acids is 1. The van der Waals surface area contributed by atoms with Crippen molar-refractivity contribution in [3.63, 3.8) is 0 Å². The van der Waals surface area contributed by atoms with Crippen LogP contribution in [-0.4, -0.2) is 32.2 Å². The van der Waals surface area contributed by atoms with Crippen LogP contribution in [0.5, 0.6) is 0 Å². The zero-order valence-electron chi connectivity index (χ0n) is 14.6. The normalized spacial score (nSPS) is 19.0. The van der Waals surface area contributed by atoms with Crippen LogP contribution in [-0.2, 0) is 18.9 Å². The van der Waals surface area contributed by atoms with Crippen molar-refractivity contribution < 1.29 is 9.21 Å². The molecule has 1 N–H and O–H groups in total. The Morgan fingerprint density at radius 2 is 2.19 bits per heavy atom. The molecule has 1 amide bonds. The van der Waals surface area contributed by atoms with Crippen molar-refractivity contribution in [1.82, 2.24) is 19.8 Å². The highest BCUT2D eigenvalue weighted by Gasteiger charge is 2.36. The average Bonchev–Trinajstić information content (AvgIpc) is 3.15. The number of rotatable bonds is 6. The third kappa shape index (κ3) is 3.96. The number of nitrogens with zero attached hydrogens (tertiary/aromatic N) is 4. The van der Waals surface area contributed by atoms with E-state index in [1.54, 1.807) is 0 Å². The first-order valence-electron chi connectivity index (χ1n) is 8.05. The van der Waals surface area contributed by atoms with E-state index in [0.29, 0.717) is 17.6 Å². The van der Waals surface area contributed by atoms with Gasteiger partial charge in [-0.3, -0.25) is 14.2 Å². The fourth-order valence-electron chi connectivity index (χ4n) is 2.45. The van der Waals surface area contributed by atoms with Crippen molar-refractivity contribution >= 4 is 23.9 Å². The second-order valence-electron chi connectivity index (χ2n) is 6.22. The van der Waals surface area contributed by atoms with Crippen LogP contribution >= 0.6 is 11.8 Å². The van der Waals surface area contributed by atoms with Gasteiger partial charge in [-0.05, 0) is 24.5 Å². The Balaban J connectivity index is 1.52. The van der Waals surface area contributed by atoms with Crippen LogP contribution in [0.15, 0.2) is 36.3 Å². The highest BCUT2D eigenvalue weighted by atomic mass is 32.2. The molecule has 1 aliphatic rings.